The first kappa shape index (κ1) is 14.5. The van der Waals surface area contributed by atoms with E-state index in [0.717, 1.165) is 17.7 Å². The molecule has 1 N–H and O–H groups in total. The van der Waals surface area contributed by atoms with Crippen LogP contribution < -0.4 is 0 Å². The normalized spacial score (nSPS) is 13.8. The van der Waals surface area contributed by atoms with Gasteiger partial charge in [0.05, 0.1) is 12.2 Å². The minimum Gasteiger partial charge on any atom is -0.392 e. The zero-order valence-electron chi connectivity index (χ0n) is 9.82. The van der Waals surface area contributed by atoms with Crippen molar-refractivity contribution in [3.8, 4) is 0 Å². The minimum atomic E-state index is -4.31. The van der Waals surface area contributed by atoms with Gasteiger partial charge in [-0.05, 0) is 24.1 Å². The van der Waals surface area contributed by atoms with Gasteiger partial charge in [0, 0.05) is 5.92 Å². The molecule has 0 aliphatic carbocycles. The van der Waals surface area contributed by atoms with Crippen molar-refractivity contribution in [3.63, 3.8) is 0 Å². The van der Waals surface area contributed by atoms with E-state index in [9.17, 15) is 13.2 Å². The van der Waals surface area contributed by atoms with Crippen molar-refractivity contribution in [3.05, 3.63) is 60.2 Å². The van der Waals surface area contributed by atoms with E-state index in [2.05, 4.69) is 6.58 Å². The summed E-state index contributed by atoms with van der Waals surface area (Å²) in [6, 6.07) is 5.06. The molecule has 0 heterocycles. The molecule has 0 radical (unpaired) electrons. The number of benzene rings is 1. The summed E-state index contributed by atoms with van der Waals surface area (Å²) < 4.78 is 37.2. The molecule has 4 heteroatoms. The predicted octanol–water partition coefficient (Wildman–Crippen LogP) is 3.91. The molecule has 1 rings (SSSR count). The second-order valence-electron chi connectivity index (χ2n) is 3.85. The van der Waals surface area contributed by atoms with Gasteiger partial charge in [-0.25, -0.2) is 0 Å². The third kappa shape index (κ3) is 4.04. The molecule has 0 spiro atoms. The molecule has 0 bridgehead atoms. The molecule has 0 aromatic heterocycles. The number of aliphatic hydroxyl groups excluding tert-OH is 1. The summed E-state index contributed by atoms with van der Waals surface area (Å²) in [5.74, 6) is -0.0462. The highest BCUT2D eigenvalue weighted by Gasteiger charge is 2.30. The van der Waals surface area contributed by atoms with Gasteiger partial charge >= 0.3 is 6.18 Å². The standard InChI is InChI=1S/C14H15F3O/c1-2-11(5-3-4-10-18)12-6-8-13(9-7-12)14(15,16)17/h2-4,6-9,11,18H,1,5,10H2/b4-3+. The van der Waals surface area contributed by atoms with E-state index in [-0.39, 0.29) is 12.5 Å². The second kappa shape index (κ2) is 6.40. The summed E-state index contributed by atoms with van der Waals surface area (Å²) in [7, 11) is 0. The Balaban J connectivity index is 2.82. The lowest BCUT2D eigenvalue weighted by Crippen LogP contribution is -2.05. The third-order valence-electron chi connectivity index (χ3n) is 2.61. The fraction of sp³-hybridized carbons (Fsp3) is 0.286. The van der Waals surface area contributed by atoms with Crippen molar-refractivity contribution in [1.82, 2.24) is 0 Å². The molecule has 1 atom stereocenters. The van der Waals surface area contributed by atoms with Crippen molar-refractivity contribution in [1.29, 1.82) is 0 Å². The molecule has 0 amide bonds. The van der Waals surface area contributed by atoms with E-state index < -0.39 is 11.7 Å². The maximum absolute atomic E-state index is 12.4. The Hall–Kier alpha value is -1.55. The Labute approximate surface area is 104 Å². The summed E-state index contributed by atoms with van der Waals surface area (Å²) >= 11 is 0. The minimum absolute atomic E-state index is 0.0448. The van der Waals surface area contributed by atoms with Crippen molar-refractivity contribution in [2.45, 2.75) is 18.5 Å². The van der Waals surface area contributed by atoms with Gasteiger partial charge in [0.1, 0.15) is 0 Å². The molecule has 1 aromatic rings. The number of rotatable bonds is 5. The van der Waals surface area contributed by atoms with E-state index in [1.165, 1.54) is 12.1 Å². The molecular weight excluding hydrogens is 241 g/mol. The molecular formula is C14H15F3O. The van der Waals surface area contributed by atoms with Crippen LogP contribution in [0.2, 0.25) is 0 Å². The van der Waals surface area contributed by atoms with Crippen LogP contribution in [0.4, 0.5) is 13.2 Å². The number of hydrogen-bond acceptors (Lipinski definition) is 1. The summed E-state index contributed by atoms with van der Waals surface area (Å²) in [6.07, 6.45) is 1.36. The summed E-state index contributed by atoms with van der Waals surface area (Å²) in [6.45, 7) is 3.62. The third-order valence-corrected chi connectivity index (χ3v) is 2.61. The van der Waals surface area contributed by atoms with Crippen LogP contribution in [-0.2, 0) is 6.18 Å². The first-order valence-electron chi connectivity index (χ1n) is 5.54. The van der Waals surface area contributed by atoms with Gasteiger partial charge in [0.2, 0.25) is 0 Å². The van der Waals surface area contributed by atoms with Crippen LogP contribution in [0.3, 0.4) is 0 Å². The van der Waals surface area contributed by atoms with Crippen LogP contribution >= 0.6 is 0 Å². The van der Waals surface area contributed by atoms with E-state index in [1.807, 2.05) is 0 Å². The lowest BCUT2D eigenvalue weighted by atomic mass is 9.95. The Morgan fingerprint density at radius 2 is 1.78 bits per heavy atom. The topological polar surface area (TPSA) is 20.2 Å². The van der Waals surface area contributed by atoms with Crippen molar-refractivity contribution in [2.24, 2.45) is 0 Å². The SMILES string of the molecule is C=CC(C/C=C/CO)c1ccc(C(F)(F)F)cc1. The Morgan fingerprint density at radius 3 is 2.22 bits per heavy atom. The molecule has 1 aromatic carbocycles. The summed E-state index contributed by atoms with van der Waals surface area (Å²) in [5, 5.41) is 8.61. The van der Waals surface area contributed by atoms with Crippen molar-refractivity contribution >= 4 is 0 Å². The van der Waals surface area contributed by atoms with Crippen LogP contribution in [-0.4, -0.2) is 11.7 Å². The molecule has 0 saturated heterocycles. The number of aliphatic hydroxyl groups is 1. The molecule has 0 saturated carbocycles. The highest BCUT2D eigenvalue weighted by molar-refractivity contribution is 5.29. The molecule has 1 unspecified atom stereocenters. The Bertz CT molecular complexity index is 404. The van der Waals surface area contributed by atoms with Crippen molar-refractivity contribution < 1.29 is 18.3 Å². The molecule has 0 aliphatic rings. The molecule has 0 aliphatic heterocycles. The smallest absolute Gasteiger partial charge is 0.392 e. The van der Waals surface area contributed by atoms with Crippen LogP contribution in [0.5, 0.6) is 0 Å². The number of allylic oxidation sites excluding steroid dienone is 2. The Morgan fingerprint density at radius 1 is 1.17 bits per heavy atom. The number of alkyl halides is 3. The zero-order valence-corrected chi connectivity index (χ0v) is 9.82. The summed E-state index contributed by atoms with van der Waals surface area (Å²) in [4.78, 5) is 0. The maximum Gasteiger partial charge on any atom is 0.416 e. The first-order chi connectivity index (χ1) is 8.49. The lowest BCUT2D eigenvalue weighted by Gasteiger charge is -2.12. The van der Waals surface area contributed by atoms with Gasteiger partial charge < -0.3 is 5.11 Å². The van der Waals surface area contributed by atoms with Gasteiger partial charge in [-0.2, -0.15) is 13.2 Å². The molecule has 1 nitrogen and oxygen atoms in total. The highest BCUT2D eigenvalue weighted by atomic mass is 19.4. The average molecular weight is 256 g/mol. The number of halogens is 3. The number of hydrogen-bond donors (Lipinski definition) is 1. The molecule has 18 heavy (non-hydrogen) atoms. The Kier molecular flexibility index (Phi) is 5.16. The first-order valence-corrected chi connectivity index (χ1v) is 5.54. The monoisotopic (exact) mass is 256 g/mol. The van der Waals surface area contributed by atoms with Crippen LogP contribution in [0.1, 0.15) is 23.5 Å². The maximum atomic E-state index is 12.4. The van der Waals surface area contributed by atoms with E-state index >= 15 is 0 Å². The van der Waals surface area contributed by atoms with Crippen LogP contribution in [0.25, 0.3) is 0 Å². The van der Waals surface area contributed by atoms with Crippen molar-refractivity contribution in [2.75, 3.05) is 6.61 Å². The van der Waals surface area contributed by atoms with Crippen LogP contribution in [0.15, 0.2) is 49.1 Å². The average Bonchev–Trinajstić information content (AvgIpc) is 2.34. The molecule has 98 valence electrons. The summed E-state index contributed by atoms with van der Waals surface area (Å²) in [5.41, 5.74) is 0.126. The highest BCUT2D eigenvalue weighted by Crippen LogP contribution is 2.31. The quantitative estimate of drug-likeness (QED) is 0.792. The molecule has 0 fully saturated rings. The van der Waals surface area contributed by atoms with E-state index in [0.29, 0.717) is 6.42 Å². The van der Waals surface area contributed by atoms with Crippen LogP contribution in [0, 0.1) is 0 Å². The largest absolute Gasteiger partial charge is 0.416 e. The van der Waals surface area contributed by atoms with Gasteiger partial charge in [-0.15, -0.1) is 6.58 Å². The lowest BCUT2D eigenvalue weighted by molar-refractivity contribution is -0.137. The fourth-order valence-corrected chi connectivity index (χ4v) is 1.61. The predicted molar refractivity (Wildman–Crippen MR) is 65.2 cm³/mol. The van der Waals surface area contributed by atoms with Gasteiger partial charge in [0.15, 0.2) is 0 Å². The van der Waals surface area contributed by atoms with Gasteiger partial charge in [0.25, 0.3) is 0 Å². The van der Waals surface area contributed by atoms with Gasteiger partial charge in [-0.3, -0.25) is 0 Å². The van der Waals surface area contributed by atoms with Gasteiger partial charge in [-0.1, -0.05) is 30.4 Å². The zero-order chi connectivity index (χ0) is 13.6. The van der Waals surface area contributed by atoms with E-state index in [4.69, 9.17) is 5.11 Å². The van der Waals surface area contributed by atoms with E-state index in [1.54, 1.807) is 18.2 Å². The second-order valence-corrected chi connectivity index (χ2v) is 3.85. The fourth-order valence-electron chi connectivity index (χ4n) is 1.61.